The van der Waals surface area contributed by atoms with Gasteiger partial charge in [0.25, 0.3) is 0 Å². The molecule has 0 saturated heterocycles. The lowest BCUT2D eigenvalue weighted by Crippen LogP contribution is -2.15. The highest BCUT2D eigenvalue weighted by atomic mass is 32.2. The maximum atomic E-state index is 12.4. The van der Waals surface area contributed by atoms with E-state index in [-0.39, 0.29) is 22.4 Å². The highest BCUT2D eigenvalue weighted by Crippen LogP contribution is 2.30. The molecule has 8 heteroatoms. The Morgan fingerprint density at radius 3 is 2.35 bits per heavy atom. The van der Waals surface area contributed by atoms with Crippen LogP contribution < -0.4 is 11.5 Å². The second-order valence-corrected chi connectivity index (χ2v) is 6.97. The van der Waals surface area contributed by atoms with E-state index < -0.39 is 15.1 Å². The van der Waals surface area contributed by atoms with E-state index in [1.54, 1.807) is 32.0 Å². The SMILES string of the molecule is CC(C)S(=O)(=O)c1ccccc1-c1nnc(N)nc1N. The topological polar surface area (TPSA) is 125 Å². The largest absolute Gasteiger partial charge is 0.382 e. The van der Waals surface area contributed by atoms with Crippen LogP contribution in [0.2, 0.25) is 0 Å². The molecule has 2 rings (SSSR count). The number of sulfone groups is 1. The quantitative estimate of drug-likeness (QED) is 0.860. The molecule has 106 valence electrons. The van der Waals surface area contributed by atoms with Gasteiger partial charge in [-0.3, -0.25) is 0 Å². The van der Waals surface area contributed by atoms with Crippen molar-refractivity contribution < 1.29 is 8.42 Å². The molecule has 0 aliphatic rings. The predicted octanol–water partition coefficient (Wildman–Crippen LogP) is 0.885. The van der Waals surface area contributed by atoms with Gasteiger partial charge in [0.15, 0.2) is 15.7 Å². The van der Waals surface area contributed by atoms with Crippen LogP contribution in [-0.4, -0.2) is 28.8 Å². The molecule has 1 aromatic heterocycles. The van der Waals surface area contributed by atoms with E-state index in [4.69, 9.17) is 11.5 Å². The first-order chi connectivity index (χ1) is 9.34. The van der Waals surface area contributed by atoms with E-state index in [0.717, 1.165) is 0 Å². The lowest BCUT2D eigenvalue weighted by Gasteiger charge is -2.12. The molecule has 0 bridgehead atoms. The molecule has 0 atom stereocenters. The Morgan fingerprint density at radius 1 is 1.10 bits per heavy atom. The molecule has 0 aliphatic heterocycles. The minimum atomic E-state index is -3.46. The zero-order chi connectivity index (χ0) is 14.9. The molecule has 0 spiro atoms. The lowest BCUT2D eigenvalue weighted by molar-refractivity contribution is 0.587. The molecule has 0 saturated carbocycles. The molecule has 7 nitrogen and oxygen atoms in total. The van der Waals surface area contributed by atoms with Gasteiger partial charge in [-0.15, -0.1) is 10.2 Å². The monoisotopic (exact) mass is 293 g/mol. The van der Waals surface area contributed by atoms with E-state index in [9.17, 15) is 8.42 Å². The number of nitrogens with zero attached hydrogens (tertiary/aromatic N) is 3. The fraction of sp³-hybridized carbons (Fsp3) is 0.250. The smallest absolute Gasteiger partial charge is 0.242 e. The van der Waals surface area contributed by atoms with E-state index in [1.807, 2.05) is 0 Å². The van der Waals surface area contributed by atoms with Crippen LogP contribution in [0, 0.1) is 0 Å². The molecule has 1 heterocycles. The van der Waals surface area contributed by atoms with E-state index >= 15 is 0 Å². The first-order valence-electron chi connectivity index (χ1n) is 5.93. The van der Waals surface area contributed by atoms with E-state index in [0.29, 0.717) is 5.56 Å². The molecular weight excluding hydrogens is 278 g/mol. The van der Waals surface area contributed by atoms with Crippen molar-refractivity contribution in [3.63, 3.8) is 0 Å². The van der Waals surface area contributed by atoms with Crippen LogP contribution in [0.3, 0.4) is 0 Å². The molecule has 0 unspecified atom stereocenters. The maximum absolute atomic E-state index is 12.4. The van der Waals surface area contributed by atoms with Crippen LogP contribution in [-0.2, 0) is 9.84 Å². The van der Waals surface area contributed by atoms with Gasteiger partial charge in [-0.25, -0.2) is 8.42 Å². The summed E-state index contributed by atoms with van der Waals surface area (Å²) in [4.78, 5) is 3.96. The zero-order valence-electron chi connectivity index (χ0n) is 11.1. The van der Waals surface area contributed by atoms with Gasteiger partial charge in [0.2, 0.25) is 5.95 Å². The fourth-order valence-corrected chi connectivity index (χ4v) is 2.95. The molecule has 0 radical (unpaired) electrons. The Labute approximate surface area is 117 Å². The lowest BCUT2D eigenvalue weighted by atomic mass is 10.1. The van der Waals surface area contributed by atoms with Crippen molar-refractivity contribution in [2.45, 2.75) is 24.0 Å². The molecule has 0 aliphatic carbocycles. The summed E-state index contributed by atoms with van der Waals surface area (Å²) in [6, 6.07) is 6.48. The first kappa shape index (κ1) is 14.2. The van der Waals surface area contributed by atoms with E-state index in [2.05, 4.69) is 15.2 Å². The summed E-state index contributed by atoms with van der Waals surface area (Å²) < 4.78 is 24.7. The number of nitrogens with two attached hydrogens (primary N) is 2. The van der Waals surface area contributed by atoms with Crippen molar-refractivity contribution in [1.82, 2.24) is 15.2 Å². The van der Waals surface area contributed by atoms with Crippen molar-refractivity contribution in [3.8, 4) is 11.3 Å². The zero-order valence-corrected chi connectivity index (χ0v) is 11.9. The van der Waals surface area contributed by atoms with Gasteiger partial charge < -0.3 is 11.5 Å². The number of anilines is 2. The second-order valence-electron chi connectivity index (χ2n) is 4.49. The van der Waals surface area contributed by atoms with Crippen molar-refractivity contribution >= 4 is 21.6 Å². The third kappa shape index (κ3) is 2.42. The number of hydrogen-bond donors (Lipinski definition) is 2. The standard InChI is InChI=1S/C12H15N5O2S/c1-7(2)20(18,19)9-6-4-3-5-8(9)10-11(13)15-12(14)17-16-10/h3-7H,1-2H3,(H4,13,14,15,17). The third-order valence-electron chi connectivity index (χ3n) is 2.80. The summed E-state index contributed by atoms with van der Waals surface area (Å²) in [6.07, 6.45) is 0. The molecule has 2 aromatic rings. The summed E-state index contributed by atoms with van der Waals surface area (Å²) in [7, 11) is -3.46. The molecule has 0 amide bonds. The normalized spacial score (nSPS) is 11.8. The molecular formula is C12H15N5O2S. The third-order valence-corrected chi connectivity index (χ3v) is 5.01. The Morgan fingerprint density at radius 2 is 1.75 bits per heavy atom. The Hall–Kier alpha value is -2.22. The Kier molecular flexibility index (Phi) is 3.58. The summed E-state index contributed by atoms with van der Waals surface area (Å²) in [5.41, 5.74) is 11.7. The van der Waals surface area contributed by atoms with E-state index in [1.165, 1.54) is 6.07 Å². The minimum Gasteiger partial charge on any atom is -0.382 e. The first-order valence-corrected chi connectivity index (χ1v) is 7.47. The number of rotatable bonds is 3. The van der Waals surface area contributed by atoms with Gasteiger partial charge in [-0.05, 0) is 19.9 Å². The summed E-state index contributed by atoms with van der Waals surface area (Å²) >= 11 is 0. The van der Waals surface area contributed by atoms with Crippen LogP contribution in [0.25, 0.3) is 11.3 Å². The van der Waals surface area contributed by atoms with Crippen molar-refractivity contribution in [2.24, 2.45) is 0 Å². The summed E-state index contributed by atoms with van der Waals surface area (Å²) in [5.74, 6) is -0.0145. The molecule has 20 heavy (non-hydrogen) atoms. The van der Waals surface area contributed by atoms with Gasteiger partial charge >= 0.3 is 0 Å². The van der Waals surface area contributed by atoms with Gasteiger partial charge in [0.05, 0.1) is 10.1 Å². The van der Waals surface area contributed by atoms with Gasteiger partial charge in [-0.1, -0.05) is 18.2 Å². The van der Waals surface area contributed by atoms with Crippen LogP contribution >= 0.6 is 0 Å². The van der Waals surface area contributed by atoms with Crippen molar-refractivity contribution in [1.29, 1.82) is 0 Å². The average Bonchev–Trinajstić information content (AvgIpc) is 2.38. The summed E-state index contributed by atoms with van der Waals surface area (Å²) in [5, 5.41) is 6.92. The van der Waals surface area contributed by atoms with Gasteiger partial charge in [0, 0.05) is 5.56 Å². The molecule has 1 aromatic carbocycles. The number of benzene rings is 1. The second kappa shape index (κ2) is 5.04. The Bertz CT molecular complexity index is 743. The number of hydrogen-bond acceptors (Lipinski definition) is 7. The highest BCUT2D eigenvalue weighted by Gasteiger charge is 2.24. The van der Waals surface area contributed by atoms with Gasteiger partial charge in [-0.2, -0.15) is 4.98 Å². The van der Waals surface area contributed by atoms with Crippen LogP contribution in [0.1, 0.15) is 13.8 Å². The average molecular weight is 293 g/mol. The van der Waals surface area contributed by atoms with Crippen molar-refractivity contribution in [2.75, 3.05) is 11.5 Å². The maximum Gasteiger partial charge on any atom is 0.242 e. The van der Waals surface area contributed by atoms with Crippen molar-refractivity contribution in [3.05, 3.63) is 24.3 Å². The molecule has 4 N–H and O–H groups in total. The fourth-order valence-electron chi connectivity index (χ4n) is 1.71. The Balaban J connectivity index is 2.71. The molecule has 0 fully saturated rings. The van der Waals surface area contributed by atoms with Crippen LogP contribution in [0.15, 0.2) is 29.2 Å². The van der Waals surface area contributed by atoms with Crippen LogP contribution in [0.5, 0.6) is 0 Å². The van der Waals surface area contributed by atoms with Crippen LogP contribution in [0.4, 0.5) is 11.8 Å². The minimum absolute atomic E-state index is 0.0453. The number of aromatic nitrogens is 3. The summed E-state index contributed by atoms with van der Waals surface area (Å²) in [6.45, 7) is 3.23. The number of nitrogen functional groups attached to an aromatic ring is 2. The highest BCUT2D eigenvalue weighted by molar-refractivity contribution is 7.92. The predicted molar refractivity (Wildman–Crippen MR) is 76.4 cm³/mol. The van der Waals surface area contributed by atoms with Gasteiger partial charge in [0.1, 0.15) is 5.69 Å².